The molecule has 1 aromatic carbocycles. The molecule has 0 amide bonds. The number of fused-ring (bicyclic) bond motifs is 1. The largest absolute Gasteiger partial charge is 0.508 e. The van der Waals surface area contributed by atoms with Gasteiger partial charge in [-0.05, 0) is 18.1 Å². The molecule has 1 aliphatic heterocycles. The van der Waals surface area contributed by atoms with Gasteiger partial charge in [-0.15, -0.1) is 0 Å². The number of aliphatic hydroxyl groups is 1. The van der Waals surface area contributed by atoms with Gasteiger partial charge < -0.3 is 19.7 Å². The number of hydrogen-bond donors (Lipinski definition) is 2. The third kappa shape index (κ3) is 2.14. The normalized spacial score (nSPS) is 22.8. The van der Waals surface area contributed by atoms with Gasteiger partial charge in [-0.2, -0.15) is 0 Å². The van der Waals surface area contributed by atoms with Crippen molar-refractivity contribution < 1.29 is 24.5 Å². The van der Waals surface area contributed by atoms with E-state index in [2.05, 4.69) is 0 Å². The minimum absolute atomic E-state index is 0.0241. The highest BCUT2D eigenvalue weighted by Gasteiger charge is 2.50. The molecule has 0 aliphatic carbocycles. The molecule has 2 rings (SSSR count). The topological polar surface area (TPSA) is 76.0 Å². The summed E-state index contributed by atoms with van der Waals surface area (Å²) in [5.41, 5.74) is -0.918. The molecular weight excluding hydrogens is 248 g/mol. The highest BCUT2D eigenvalue weighted by Crippen LogP contribution is 2.45. The van der Waals surface area contributed by atoms with E-state index in [1.807, 2.05) is 13.8 Å². The van der Waals surface area contributed by atoms with Crippen molar-refractivity contribution in [1.29, 1.82) is 0 Å². The lowest BCUT2D eigenvalue weighted by Crippen LogP contribution is -2.44. The van der Waals surface area contributed by atoms with Crippen LogP contribution in [0.2, 0.25) is 0 Å². The molecule has 0 bridgehead atoms. The van der Waals surface area contributed by atoms with Gasteiger partial charge >= 0.3 is 5.97 Å². The summed E-state index contributed by atoms with van der Waals surface area (Å²) in [6, 6.07) is 4.48. The van der Waals surface area contributed by atoms with Gasteiger partial charge in [0.25, 0.3) is 0 Å². The summed E-state index contributed by atoms with van der Waals surface area (Å²) in [6.07, 6.45) is 0. The van der Waals surface area contributed by atoms with Gasteiger partial charge in [0.2, 0.25) is 0 Å². The van der Waals surface area contributed by atoms with Crippen molar-refractivity contribution in [2.45, 2.75) is 19.4 Å². The molecule has 0 saturated heterocycles. The summed E-state index contributed by atoms with van der Waals surface area (Å²) in [5, 5.41) is 20.3. The number of methoxy groups -OCH3 is 1. The van der Waals surface area contributed by atoms with Crippen molar-refractivity contribution in [3.05, 3.63) is 23.8 Å². The predicted molar refractivity (Wildman–Crippen MR) is 67.8 cm³/mol. The third-order valence-corrected chi connectivity index (χ3v) is 3.52. The van der Waals surface area contributed by atoms with Crippen LogP contribution in [0.5, 0.6) is 11.5 Å². The van der Waals surface area contributed by atoms with Crippen LogP contribution in [0.15, 0.2) is 18.2 Å². The molecule has 0 fully saturated rings. The van der Waals surface area contributed by atoms with Crippen LogP contribution in [-0.4, -0.2) is 29.9 Å². The summed E-state index contributed by atoms with van der Waals surface area (Å²) >= 11 is 0. The summed E-state index contributed by atoms with van der Waals surface area (Å²) in [5.74, 6) is -0.842. The molecule has 1 heterocycles. The lowest BCUT2D eigenvalue weighted by atomic mass is 9.76. The molecular formula is C14H18O5. The standard InChI is InChI=1S/C14H18O5/c1-8(2)12(13(16)18-3)14(17)7-19-11-6-9(15)4-5-10(11)14/h4-6,8,12,15,17H,7H2,1-3H3. The Labute approximate surface area is 111 Å². The molecule has 0 aromatic heterocycles. The number of ether oxygens (including phenoxy) is 2. The van der Waals surface area contributed by atoms with Gasteiger partial charge in [0.1, 0.15) is 23.7 Å². The first-order valence-corrected chi connectivity index (χ1v) is 6.16. The van der Waals surface area contributed by atoms with Crippen LogP contribution < -0.4 is 4.74 Å². The van der Waals surface area contributed by atoms with Gasteiger partial charge in [-0.25, -0.2) is 0 Å². The Morgan fingerprint density at radius 2 is 2.16 bits per heavy atom. The average molecular weight is 266 g/mol. The van der Waals surface area contributed by atoms with Crippen LogP contribution in [0.25, 0.3) is 0 Å². The van der Waals surface area contributed by atoms with Crippen LogP contribution in [0, 0.1) is 11.8 Å². The number of rotatable bonds is 3. The lowest BCUT2D eigenvalue weighted by Gasteiger charge is -2.32. The number of aromatic hydroxyl groups is 1. The fourth-order valence-electron chi connectivity index (χ4n) is 2.66. The fraction of sp³-hybridized carbons (Fsp3) is 0.500. The number of hydrogen-bond acceptors (Lipinski definition) is 5. The van der Waals surface area contributed by atoms with Crippen LogP contribution in [0.3, 0.4) is 0 Å². The maximum absolute atomic E-state index is 11.9. The van der Waals surface area contributed by atoms with E-state index in [9.17, 15) is 15.0 Å². The summed E-state index contributed by atoms with van der Waals surface area (Å²) in [7, 11) is 1.30. The van der Waals surface area contributed by atoms with Crippen LogP contribution >= 0.6 is 0 Å². The molecule has 1 aliphatic rings. The molecule has 2 unspecified atom stereocenters. The van der Waals surface area contributed by atoms with Crippen molar-refractivity contribution in [2.24, 2.45) is 11.8 Å². The highest BCUT2D eigenvalue weighted by atomic mass is 16.5. The zero-order valence-electron chi connectivity index (χ0n) is 11.2. The molecule has 0 radical (unpaired) electrons. The van der Waals surface area contributed by atoms with Crippen LogP contribution in [0.4, 0.5) is 0 Å². The smallest absolute Gasteiger partial charge is 0.312 e. The molecule has 0 spiro atoms. The molecule has 2 N–H and O–H groups in total. The Morgan fingerprint density at radius 3 is 2.74 bits per heavy atom. The molecule has 2 atom stereocenters. The second kappa shape index (κ2) is 4.74. The van der Waals surface area contributed by atoms with E-state index in [1.54, 1.807) is 6.07 Å². The van der Waals surface area contributed by atoms with Gasteiger partial charge in [0.05, 0.1) is 13.0 Å². The molecule has 19 heavy (non-hydrogen) atoms. The number of carbonyl (C=O) groups is 1. The van der Waals surface area contributed by atoms with Crippen molar-refractivity contribution in [3.63, 3.8) is 0 Å². The maximum Gasteiger partial charge on any atom is 0.312 e. The quantitative estimate of drug-likeness (QED) is 0.809. The van der Waals surface area contributed by atoms with E-state index in [-0.39, 0.29) is 18.3 Å². The fourth-order valence-corrected chi connectivity index (χ4v) is 2.66. The number of esters is 1. The molecule has 104 valence electrons. The van der Waals surface area contributed by atoms with Gasteiger partial charge in [0, 0.05) is 11.6 Å². The van der Waals surface area contributed by atoms with Crippen molar-refractivity contribution in [3.8, 4) is 11.5 Å². The number of benzene rings is 1. The zero-order valence-corrected chi connectivity index (χ0v) is 11.2. The average Bonchev–Trinajstić information content (AvgIpc) is 2.66. The summed E-state index contributed by atoms with van der Waals surface area (Å²) < 4.78 is 10.2. The first kappa shape index (κ1) is 13.7. The molecule has 1 aromatic rings. The first-order chi connectivity index (χ1) is 8.90. The molecule has 5 heteroatoms. The Hall–Kier alpha value is -1.75. The van der Waals surface area contributed by atoms with E-state index in [1.165, 1.54) is 19.2 Å². The number of phenolic OH excluding ortho intramolecular Hbond substituents is 1. The Morgan fingerprint density at radius 1 is 1.47 bits per heavy atom. The second-order valence-electron chi connectivity index (χ2n) is 5.14. The highest BCUT2D eigenvalue weighted by molar-refractivity contribution is 5.75. The predicted octanol–water partition coefficient (Wildman–Crippen LogP) is 1.42. The monoisotopic (exact) mass is 266 g/mol. The first-order valence-electron chi connectivity index (χ1n) is 6.16. The number of carbonyl (C=O) groups excluding carboxylic acids is 1. The van der Waals surface area contributed by atoms with E-state index in [4.69, 9.17) is 9.47 Å². The van der Waals surface area contributed by atoms with Gasteiger partial charge in [-0.3, -0.25) is 4.79 Å². The van der Waals surface area contributed by atoms with E-state index in [0.717, 1.165) is 0 Å². The maximum atomic E-state index is 11.9. The van der Waals surface area contributed by atoms with Crippen molar-refractivity contribution in [2.75, 3.05) is 13.7 Å². The molecule has 5 nitrogen and oxygen atoms in total. The summed E-state index contributed by atoms with van der Waals surface area (Å²) in [4.78, 5) is 11.9. The van der Waals surface area contributed by atoms with Gasteiger partial charge in [-0.1, -0.05) is 13.8 Å². The van der Waals surface area contributed by atoms with E-state index >= 15 is 0 Å². The van der Waals surface area contributed by atoms with E-state index < -0.39 is 17.5 Å². The SMILES string of the molecule is COC(=O)C(C(C)C)C1(O)COc2cc(O)ccc21. The van der Waals surface area contributed by atoms with Gasteiger partial charge in [0.15, 0.2) is 0 Å². The number of phenols is 1. The minimum Gasteiger partial charge on any atom is -0.508 e. The lowest BCUT2D eigenvalue weighted by molar-refractivity contribution is -0.161. The molecule has 0 saturated carbocycles. The van der Waals surface area contributed by atoms with Crippen molar-refractivity contribution in [1.82, 2.24) is 0 Å². The third-order valence-electron chi connectivity index (χ3n) is 3.52. The second-order valence-corrected chi connectivity index (χ2v) is 5.14. The Balaban J connectivity index is 2.47. The van der Waals surface area contributed by atoms with Crippen LogP contribution in [-0.2, 0) is 15.1 Å². The van der Waals surface area contributed by atoms with Crippen molar-refractivity contribution >= 4 is 5.97 Å². The summed E-state index contributed by atoms with van der Waals surface area (Å²) in [6.45, 7) is 3.67. The Kier molecular flexibility index (Phi) is 3.41. The van der Waals surface area contributed by atoms with Crippen LogP contribution in [0.1, 0.15) is 19.4 Å². The van der Waals surface area contributed by atoms with E-state index in [0.29, 0.717) is 11.3 Å². The zero-order chi connectivity index (χ0) is 14.2. The Bertz CT molecular complexity index is 497. The minimum atomic E-state index is -1.43.